The van der Waals surface area contributed by atoms with Crippen LogP contribution in [-0.4, -0.2) is 50.0 Å². The summed E-state index contributed by atoms with van der Waals surface area (Å²) in [5.74, 6) is -0.748. The van der Waals surface area contributed by atoms with Crippen molar-refractivity contribution in [1.29, 1.82) is 0 Å². The average molecular weight is 446 g/mol. The van der Waals surface area contributed by atoms with Crippen LogP contribution in [0.5, 0.6) is 0 Å². The average Bonchev–Trinajstić information content (AvgIpc) is 2.70. The van der Waals surface area contributed by atoms with E-state index in [2.05, 4.69) is 5.32 Å². The fourth-order valence-electron chi connectivity index (χ4n) is 3.09. The van der Waals surface area contributed by atoms with Crippen LogP contribution in [0.15, 0.2) is 54.6 Å². The number of carbonyl (C=O) groups excluding carboxylic acids is 2. The number of benzene rings is 2. The van der Waals surface area contributed by atoms with Gasteiger partial charge in [0.05, 0.1) is 11.9 Å². The Hall–Kier alpha value is -2.87. The number of sulfonamides is 1. The molecule has 0 aliphatic rings. The number of hydrogen-bond acceptors (Lipinski definition) is 4. The van der Waals surface area contributed by atoms with Crippen LogP contribution in [0.25, 0.3) is 0 Å². The number of rotatable bonds is 9. The molecule has 0 radical (unpaired) electrons. The zero-order valence-corrected chi connectivity index (χ0v) is 19.5. The molecule has 0 unspecified atom stereocenters. The third-order valence-corrected chi connectivity index (χ3v) is 5.94. The Morgan fingerprint density at radius 1 is 0.968 bits per heavy atom. The number of hydrogen-bond donors (Lipinski definition) is 1. The summed E-state index contributed by atoms with van der Waals surface area (Å²) >= 11 is 0. The Morgan fingerprint density at radius 2 is 1.55 bits per heavy atom. The summed E-state index contributed by atoms with van der Waals surface area (Å²) in [6.45, 7) is 7.03. The molecule has 0 aromatic heterocycles. The van der Waals surface area contributed by atoms with Crippen LogP contribution in [0.4, 0.5) is 5.69 Å². The number of aryl methyl sites for hydroxylation is 1. The summed E-state index contributed by atoms with van der Waals surface area (Å²) in [6, 6.07) is 15.4. The van der Waals surface area contributed by atoms with Crippen molar-refractivity contribution in [2.75, 3.05) is 17.1 Å². The lowest BCUT2D eigenvalue weighted by Gasteiger charge is -2.31. The van der Waals surface area contributed by atoms with E-state index in [1.807, 2.05) is 51.1 Å². The van der Waals surface area contributed by atoms with Gasteiger partial charge >= 0.3 is 0 Å². The summed E-state index contributed by atoms with van der Waals surface area (Å²) in [7, 11) is -3.71. The topological polar surface area (TPSA) is 86.8 Å². The van der Waals surface area contributed by atoms with Gasteiger partial charge in [-0.3, -0.25) is 13.9 Å². The number of carbonyl (C=O) groups is 2. The largest absolute Gasteiger partial charge is 0.352 e. The number of nitrogens with one attached hydrogen (secondary N) is 1. The maximum absolute atomic E-state index is 13.3. The smallest absolute Gasteiger partial charge is 0.244 e. The van der Waals surface area contributed by atoms with E-state index in [-0.39, 0.29) is 18.5 Å². The number of nitrogens with zero attached hydrogens (tertiary/aromatic N) is 2. The minimum atomic E-state index is -3.71. The highest BCUT2D eigenvalue weighted by Crippen LogP contribution is 2.19. The first-order valence-corrected chi connectivity index (χ1v) is 12.0. The van der Waals surface area contributed by atoms with Crippen molar-refractivity contribution >= 4 is 27.5 Å². The SMILES string of the molecule is Cc1ccc(N(CC(=O)N(Cc2ccccc2)[C@H](C)C(=O)NC(C)C)S(C)(=O)=O)cc1. The van der Waals surface area contributed by atoms with E-state index in [4.69, 9.17) is 0 Å². The molecule has 2 aromatic carbocycles. The van der Waals surface area contributed by atoms with Gasteiger partial charge < -0.3 is 10.2 Å². The molecule has 0 saturated carbocycles. The Labute approximate surface area is 185 Å². The minimum Gasteiger partial charge on any atom is -0.352 e. The Morgan fingerprint density at radius 3 is 2.06 bits per heavy atom. The molecule has 0 fully saturated rings. The first-order chi connectivity index (χ1) is 14.5. The summed E-state index contributed by atoms with van der Waals surface area (Å²) in [4.78, 5) is 27.4. The van der Waals surface area contributed by atoms with Crippen LogP contribution in [-0.2, 0) is 26.2 Å². The Kier molecular flexibility index (Phi) is 8.21. The van der Waals surface area contributed by atoms with E-state index < -0.39 is 28.5 Å². The first kappa shape index (κ1) is 24.4. The van der Waals surface area contributed by atoms with Gasteiger partial charge in [-0.2, -0.15) is 0 Å². The van der Waals surface area contributed by atoms with Gasteiger partial charge in [-0.25, -0.2) is 8.42 Å². The molecule has 2 amide bonds. The second-order valence-electron chi connectivity index (χ2n) is 7.95. The molecule has 7 nitrogen and oxygen atoms in total. The van der Waals surface area contributed by atoms with Crippen LogP contribution < -0.4 is 9.62 Å². The van der Waals surface area contributed by atoms with Gasteiger partial charge in [-0.15, -0.1) is 0 Å². The molecule has 0 spiro atoms. The van der Waals surface area contributed by atoms with Gasteiger partial charge in [0.1, 0.15) is 12.6 Å². The molecule has 1 atom stereocenters. The highest BCUT2D eigenvalue weighted by Gasteiger charge is 2.30. The van der Waals surface area contributed by atoms with Gasteiger partial charge in [0.2, 0.25) is 21.8 Å². The predicted molar refractivity (Wildman–Crippen MR) is 123 cm³/mol. The fourth-order valence-corrected chi connectivity index (χ4v) is 3.94. The van der Waals surface area contributed by atoms with Crippen molar-refractivity contribution < 1.29 is 18.0 Å². The first-order valence-electron chi connectivity index (χ1n) is 10.2. The monoisotopic (exact) mass is 445 g/mol. The third kappa shape index (κ3) is 7.10. The second-order valence-corrected chi connectivity index (χ2v) is 9.86. The van der Waals surface area contributed by atoms with Crippen molar-refractivity contribution in [2.45, 2.75) is 46.3 Å². The maximum atomic E-state index is 13.3. The summed E-state index contributed by atoms with van der Waals surface area (Å²) in [6.07, 6.45) is 1.07. The zero-order chi connectivity index (χ0) is 23.2. The quantitative estimate of drug-likeness (QED) is 0.643. The maximum Gasteiger partial charge on any atom is 0.244 e. The highest BCUT2D eigenvalue weighted by atomic mass is 32.2. The summed E-state index contributed by atoms with van der Waals surface area (Å²) < 4.78 is 26.0. The minimum absolute atomic E-state index is 0.0799. The highest BCUT2D eigenvalue weighted by molar-refractivity contribution is 7.92. The Balaban J connectivity index is 2.35. The molecular weight excluding hydrogens is 414 g/mol. The van der Waals surface area contributed by atoms with Crippen molar-refractivity contribution in [2.24, 2.45) is 0 Å². The van der Waals surface area contributed by atoms with E-state index in [0.29, 0.717) is 5.69 Å². The van der Waals surface area contributed by atoms with Gasteiger partial charge in [0.15, 0.2) is 0 Å². The third-order valence-electron chi connectivity index (χ3n) is 4.80. The molecule has 2 rings (SSSR count). The molecule has 0 aliphatic carbocycles. The zero-order valence-electron chi connectivity index (χ0n) is 18.7. The molecule has 0 heterocycles. The van der Waals surface area contributed by atoms with E-state index in [1.54, 1.807) is 31.2 Å². The molecule has 0 saturated heterocycles. The molecule has 2 aromatic rings. The molecule has 31 heavy (non-hydrogen) atoms. The normalized spacial score (nSPS) is 12.3. The summed E-state index contributed by atoms with van der Waals surface area (Å²) in [5.41, 5.74) is 2.23. The van der Waals surface area contributed by atoms with Gasteiger partial charge in [0, 0.05) is 12.6 Å². The van der Waals surface area contributed by atoms with Crippen molar-refractivity contribution in [3.63, 3.8) is 0 Å². The molecule has 0 bridgehead atoms. The van der Waals surface area contributed by atoms with Crippen molar-refractivity contribution in [3.05, 3.63) is 65.7 Å². The second kappa shape index (κ2) is 10.4. The molecule has 1 N–H and O–H groups in total. The lowest BCUT2D eigenvalue weighted by atomic mass is 10.1. The van der Waals surface area contributed by atoms with E-state index in [1.165, 1.54) is 4.90 Å². The molecule has 8 heteroatoms. The summed E-state index contributed by atoms with van der Waals surface area (Å²) in [5, 5.41) is 2.82. The van der Waals surface area contributed by atoms with E-state index in [0.717, 1.165) is 21.7 Å². The predicted octanol–water partition coefficient (Wildman–Crippen LogP) is 2.70. The van der Waals surface area contributed by atoms with E-state index >= 15 is 0 Å². The van der Waals surface area contributed by atoms with Crippen LogP contribution in [0, 0.1) is 6.92 Å². The molecule has 168 valence electrons. The van der Waals surface area contributed by atoms with Crippen LogP contribution in [0.2, 0.25) is 0 Å². The number of amides is 2. The Bertz CT molecular complexity index is 989. The van der Waals surface area contributed by atoms with Gasteiger partial charge in [-0.05, 0) is 45.4 Å². The standard InChI is InChI=1S/C23H31N3O4S/c1-17(2)24-23(28)19(4)25(15-20-9-7-6-8-10-20)22(27)16-26(31(5,29)30)21-13-11-18(3)12-14-21/h6-14,17,19H,15-16H2,1-5H3,(H,24,28)/t19-/m1/s1. The molecular formula is C23H31N3O4S. The molecule has 0 aliphatic heterocycles. The van der Waals surface area contributed by atoms with E-state index in [9.17, 15) is 18.0 Å². The number of anilines is 1. The van der Waals surface area contributed by atoms with Crippen molar-refractivity contribution in [1.82, 2.24) is 10.2 Å². The van der Waals surface area contributed by atoms with Gasteiger partial charge in [0.25, 0.3) is 0 Å². The lowest BCUT2D eigenvalue weighted by Crippen LogP contribution is -2.52. The van der Waals surface area contributed by atoms with Crippen LogP contribution in [0.3, 0.4) is 0 Å². The van der Waals surface area contributed by atoms with Gasteiger partial charge in [-0.1, -0.05) is 48.0 Å². The van der Waals surface area contributed by atoms with Crippen molar-refractivity contribution in [3.8, 4) is 0 Å². The van der Waals surface area contributed by atoms with Crippen LogP contribution >= 0.6 is 0 Å². The van der Waals surface area contributed by atoms with Crippen LogP contribution in [0.1, 0.15) is 31.9 Å². The fraction of sp³-hybridized carbons (Fsp3) is 0.391. The lowest BCUT2D eigenvalue weighted by molar-refractivity contribution is -0.139.